The van der Waals surface area contributed by atoms with Gasteiger partial charge in [-0.3, -0.25) is 9.59 Å². The minimum atomic E-state index is -1.17. The first-order valence-corrected chi connectivity index (χ1v) is 14.6. The standard InChI is InChI=1S/C29H48N2O7/c1-15(4-9-23(34)31-21(27(37)38)7-8-22(30)33)17-5-6-18-24-19(11-13-28(17,18)2)29(3)12-10-16(32)14-20(29)25(35)26(24)36/h15-21,24-26,32,35-36H,4-14H2,1-3H3,(H2,30,33)(H,31,34)(H,37,38)/t15-,16-,17-,18+,19+,20+,21+,24+,25-,26+,28-,29-/m1/s1. The van der Waals surface area contributed by atoms with E-state index in [2.05, 4.69) is 26.1 Å². The third kappa shape index (κ3) is 5.22. The fourth-order valence-corrected chi connectivity index (χ4v) is 9.58. The molecule has 4 rings (SSSR count). The summed E-state index contributed by atoms with van der Waals surface area (Å²) in [6, 6.07) is -1.13. The molecule has 216 valence electrons. The molecule has 0 spiro atoms. The molecule has 0 aliphatic heterocycles. The number of hydrogen-bond donors (Lipinski definition) is 6. The lowest BCUT2D eigenvalue weighted by atomic mass is 9.43. The molecule has 4 saturated carbocycles. The van der Waals surface area contributed by atoms with Crippen LogP contribution in [0.15, 0.2) is 0 Å². The lowest BCUT2D eigenvalue weighted by Gasteiger charge is -2.63. The van der Waals surface area contributed by atoms with E-state index in [1.807, 2.05) is 0 Å². The lowest BCUT2D eigenvalue weighted by Crippen LogP contribution is -2.64. The summed E-state index contributed by atoms with van der Waals surface area (Å²) in [5, 5.41) is 44.8. The van der Waals surface area contributed by atoms with E-state index in [-0.39, 0.29) is 53.8 Å². The topological polar surface area (TPSA) is 170 Å². The lowest BCUT2D eigenvalue weighted by molar-refractivity contribution is -0.223. The van der Waals surface area contributed by atoms with Gasteiger partial charge in [0, 0.05) is 12.8 Å². The van der Waals surface area contributed by atoms with Crippen molar-refractivity contribution in [1.82, 2.24) is 5.32 Å². The number of carboxylic acid groups (broad SMARTS) is 1. The van der Waals surface area contributed by atoms with Crippen LogP contribution in [0, 0.1) is 46.3 Å². The molecular formula is C29H48N2O7. The fraction of sp³-hybridized carbons (Fsp3) is 0.897. The fourth-order valence-electron chi connectivity index (χ4n) is 9.58. The molecule has 4 aliphatic carbocycles. The van der Waals surface area contributed by atoms with Crippen LogP contribution in [-0.4, -0.2) is 62.6 Å². The Morgan fingerprint density at radius 1 is 0.895 bits per heavy atom. The van der Waals surface area contributed by atoms with Gasteiger partial charge in [-0.1, -0.05) is 20.8 Å². The molecule has 0 saturated heterocycles. The Morgan fingerprint density at radius 2 is 1.55 bits per heavy atom. The zero-order valence-corrected chi connectivity index (χ0v) is 23.1. The van der Waals surface area contributed by atoms with Crippen molar-refractivity contribution in [3.8, 4) is 0 Å². The van der Waals surface area contributed by atoms with Crippen LogP contribution in [-0.2, 0) is 14.4 Å². The van der Waals surface area contributed by atoms with E-state index >= 15 is 0 Å². The number of aliphatic carboxylic acids is 1. The second-order valence-electron chi connectivity index (χ2n) is 13.5. The van der Waals surface area contributed by atoms with Crippen LogP contribution in [0.25, 0.3) is 0 Å². The number of carboxylic acids is 1. The summed E-state index contributed by atoms with van der Waals surface area (Å²) >= 11 is 0. The molecule has 4 fully saturated rings. The van der Waals surface area contributed by atoms with Crippen LogP contribution >= 0.6 is 0 Å². The van der Waals surface area contributed by atoms with Crippen LogP contribution < -0.4 is 11.1 Å². The summed E-state index contributed by atoms with van der Waals surface area (Å²) in [7, 11) is 0. The average molecular weight is 537 g/mol. The van der Waals surface area contributed by atoms with Gasteiger partial charge in [-0.15, -0.1) is 0 Å². The number of aliphatic hydroxyl groups excluding tert-OH is 3. The van der Waals surface area contributed by atoms with Crippen molar-refractivity contribution in [3.05, 3.63) is 0 Å². The number of carbonyl (C=O) groups excluding carboxylic acids is 2. The van der Waals surface area contributed by atoms with Crippen molar-refractivity contribution in [2.24, 2.45) is 52.1 Å². The van der Waals surface area contributed by atoms with Gasteiger partial charge in [0.15, 0.2) is 0 Å². The highest BCUT2D eigenvalue weighted by molar-refractivity contribution is 5.84. The minimum absolute atomic E-state index is 0.0141. The van der Waals surface area contributed by atoms with E-state index in [1.54, 1.807) is 0 Å². The summed E-state index contributed by atoms with van der Waals surface area (Å²) < 4.78 is 0. The average Bonchev–Trinajstić information content (AvgIpc) is 3.21. The second-order valence-corrected chi connectivity index (χ2v) is 13.5. The SMILES string of the molecule is C[C@H](CCC(=O)N[C@@H](CCC(N)=O)C(=O)O)[C@H]1CC[C@H]2[C@@H]3[C@H](O)[C@H](O)[C@@H]4C[C@H](O)CC[C@]4(C)[C@H]3CC[C@]12C. The highest BCUT2D eigenvalue weighted by atomic mass is 16.4. The summed E-state index contributed by atoms with van der Waals surface area (Å²) in [5.74, 6) is -0.852. The molecule has 0 aromatic carbocycles. The van der Waals surface area contributed by atoms with Crippen LogP contribution in [0.2, 0.25) is 0 Å². The first kappa shape index (κ1) is 29.3. The molecule has 0 heterocycles. The van der Waals surface area contributed by atoms with Crippen LogP contribution in [0.4, 0.5) is 0 Å². The molecule has 0 aromatic rings. The maximum Gasteiger partial charge on any atom is 0.326 e. The van der Waals surface area contributed by atoms with Crippen molar-refractivity contribution in [3.63, 3.8) is 0 Å². The van der Waals surface area contributed by atoms with Crippen LogP contribution in [0.1, 0.15) is 91.4 Å². The van der Waals surface area contributed by atoms with Crippen molar-refractivity contribution >= 4 is 17.8 Å². The van der Waals surface area contributed by atoms with Gasteiger partial charge < -0.3 is 31.5 Å². The zero-order chi connectivity index (χ0) is 28.0. The van der Waals surface area contributed by atoms with Gasteiger partial charge >= 0.3 is 5.97 Å². The number of aliphatic hydroxyl groups is 3. The first-order chi connectivity index (χ1) is 17.8. The van der Waals surface area contributed by atoms with Gasteiger partial charge in [0.1, 0.15) is 6.04 Å². The molecule has 9 nitrogen and oxygen atoms in total. The molecule has 0 unspecified atom stereocenters. The number of nitrogens with two attached hydrogens (primary N) is 1. The van der Waals surface area contributed by atoms with E-state index in [4.69, 9.17) is 5.73 Å². The molecule has 4 aliphatic rings. The van der Waals surface area contributed by atoms with E-state index in [0.717, 1.165) is 38.5 Å². The van der Waals surface area contributed by atoms with Crippen LogP contribution in [0.3, 0.4) is 0 Å². The molecule has 2 amide bonds. The van der Waals surface area contributed by atoms with Gasteiger partial charge in [0.05, 0.1) is 18.3 Å². The molecular weight excluding hydrogens is 488 g/mol. The molecule has 9 heteroatoms. The van der Waals surface area contributed by atoms with Crippen molar-refractivity contribution < 1.29 is 34.8 Å². The Balaban J connectivity index is 1.41. The maximum atomic E-state index is 12.6. The minimum Gasteiger partial charge on any atom is -0.480 e. The van der Waals surface area contributed by atoms with E-state index < -0.39 is 36.2 Å². The van der Waals surface area contributed by atoms with Gasteiger partial charge in [-0.25, -0.2) is 4.79 Å². The Hall–Kier alpha value is -1.71. The highest BCUT2D eigenvalue weighted by Crippen LogP contribution is 2.68. The summed E-state index contributed by atoms with van der Waals surface area (Å²) in [6.45, 7) is 6.79. The molecule has 12 atom stereocenters. The van der Waals surface area contributed by atoms with E-state index in [1.165, 1.54) is 0 Å². The number of fused-ring (bicyclic) bond motifs is 5. The molecule has 0 bridgehead atoms. The number of hydrogen-bond acceptors (Lipinski definition) is 6. The predicted octanol–water partition coefficient (Wildman–Crippen LogP) is 2.20. The highest BCUT2D eigenvalue weighted by Gasteiger charge is 2.65. The Bertz CT molecular complexity index is 913. The van der Waals surface area contributed by atoms with Crippen molar-refractivity contribution in [2.45, 2.75) is 116 Å². The smallest absolute Gasteiger partial charge is 0.326 e. The Morgan fingerprint density at radius 3 is 2.21 bits per heavy atom. The predicted molar refractivity (Wildman–Crippen MR) is 140 cm³/mol. The molecule has 38 heavy (non-hydrogen) atoms. The third-order valence-corrected chi connectivity index (χ3v) is 11.6. The van der Waals surface area contributed by atoms with Gasteiger partial charge in [0.2, 0.25) is 11.8 Å². The van der Waals surface area contributed by atoms with Crippen molar-refractivity contribution in [1.29, 1.82) is 0 Å². The summed E-state index contributed by atoms with van der Waals surface area (Å²) in [6.07, 6.45) is 5.04. The monoisotopic (exact) mass is 536 g/mol. The third-order valence-electron chi connectivity index (χ3n) is 11.6. The quantitative estimate of drug-likeness (QED) is 0.262. The Labute approximate surface area is 225 Å². The number of carbonyl (C=O) groups is 3. The van der Waals surface area contributed by atoms with Crippen molar-refractivity contribution in [2.75, 3.05) is 0 Å². The molecule has 0 aromatic heterocycles. The van der Waals surface area contributed by atoms with Gasteiger partial charge in [-0.2, -0.15) is 0 Å². The Kier molecular flexibility index (Phi) is 8.51. The second kappa shape index (κ2) is 11.0. The zero-order valence-electron chi connectivity index (χ0n) is 23.1. The van der Waals surface area contributed by atoms with E-state index in [9.17, 15) is 34.8 Å². The largest absolute Gasteiger partial charge is 0.480 e. The number of rotatable bonds is 9. The number of nitrogens with one attached hydrogen (secondary N) is 1. The van der Waals surface area contributed by atoms with Gasteiger partial charge in [0.25, 0.3) is 0 Å². The first-order valence-electron chi connectivity index (χ1n) is 14.6. The van der Waals surface area contributed by atoms with Crippen LogP contribution in [0.5, 0.6) is 0 Å². The summed E-state index contributed by atoms with van der Waals surface area (Å²) in [4.78, 5) is 35.1. The number of amides is 2. The van der Waals surface area contributed by atoms with Gasteiger partial charge in [-0.05, 0) is 104 Å². The normalized spacial score (nSPS) is 43.7. The number of primary amides is 1. The van der Waals surface area contributed by atoms with E-state index in [0.29, 0.717) is 30.6 Å². The summed E-state index contributed by atoms with van der Waals surface area (Å²) in [5.41, 5.74) is 5.07. The molecule has 0 radical (unpaired) electrons. The maximum absolute atomic E-state index is 12.6. The molecule has 7 N–H and O–H groups in total.